The van der Waals surface area contributed by atoms with Crippen LogP contribution in [0.15, 0.2) is 97.1 Å². The summed E-state index contributed by atoms with van der Waals surface area (Å²) in [7, 11) is 0. The summed E-state index contributed by atoms with van der Waals surface area (Å²) in [5.74, 6) is 1.31. The fraction of sp³-hybridized carbons (Fsp3) is 0. The molecule has 0 atom stereocenters. The number of carbonyl (C=O) groups excluding carboxylic acids is 1. The lowest BCUT2D eigenvalue weighted by atomic mass is 10.1. The summed E-state index contributed by atoms with van der Waals surface area (Å²) in [4.78, 5) is 12.5. The number of benzene rings is 4. The van der Waals surface area contributed by atoms with Crippen LogP contribution in [0.4, 0.5) is 5.69 Å². The average molecular weight is 339 g/mol. The zero-order chi connectivity index (χ0) is 17.8. The minimum atomic E-state index is -0.147. The van der Waals surface area contributed by atoms with Crippen molar-refractivity contribution in [2.75, 3.05) is 5.32 Å². The van der Waals surface area contributed by atoms with Gasteiger partial charge in [-0.05, 0) is 59.3 Å². The Morgan fingerprint density at radius 1 is 0.654 bits per heavy atom. The van der Waals surface area contributed by atoms with Crippen molar-refractivity contribution in [3.05, 3.63) is 103 Å². The van der Waals surface area contributed by atoms with Crippen molar-refractivity contribution >= 4 is 22.4 Å². The average Bonchev–Trinajstić information content (AvgIpc) is 2.69. The molecule has 0 radical (unpaired) electrons. The van der Waals surface area contributed by atoms with E-state index in [2.05, 4.69) is 5.32 Å². The van der Waals surface area contributed by atoms with Gasteiger partial charge < -0.3 is 10.1 Å². The first-order valence-corrected chi connectivity index (χ1v) is 8.41. The molecule has 0 aliphatic carbocycles. The van der Waals surface area contributed by atoms with Crippen molar-refractivity contribution in [2.45, 2.75) is 0 Å². The topological polar surface area (TPSA) is 38.3 Å². The zero-order valence-electron chi connectivity index (χ0n) is 14.1. The Morgan fingerprint density at radius 3 is 2.08 bits per heavy atom. The molecule has 0 aromatic heterocycles. The molecule has 1 N–H and O–H groups in total. The van der Waals surface area contributed by atoms with E-state index in [0.717, 1.165) is 22.2 Å². The van der Waals surface area contributed by atoms with Crippen molar-refractivity contribution in [1.82, 2.24) is 0 Å². The summed E-state index contributed by atoms with van der Waals surface area (Å²) >= 11 is 0. The highest BCUT2D eigenvalue weighted by molar-refractivity contribution is 6.05. The Hall–Kier alpha value is -3.59. The fourth-order valence-corrected chi connectivity index (χ4v) is 2.77. The lowest BCUT2D eigenvalue weighted by Gasteiger charge is -2.08. The van der Waals surface area contributed by atoms with Crippen LogP contribution in [0.1, 0.15) is 10.4 Å². The maximum Gasteiger partial charge on any atom is 0.255 e. The molecule has 1 amide bonds. The predicted octanol–water partition coefficient (Wildman–Crippen LogP) is 5.88. The van der Waals surface area contributed by atoms with Gasteiger partial charge in [-0.15, -0.1) is 0 Å². The van der Waals surface area contributed by atoms with Gasteiger partial charge in [0.2, 0.25) is 0 Å². The van der Waals surface area contributed by atoms with E-state index in [1.165, 1.54) is 0 Å². The van der Waals surface area contributed by atoms with Crippen LogP contribution in [0, 0.1) is 0 Å². The predicted molar refractivity (Wildman–Crippen MR) is 105 cm³/mol. The number of hydrogen-bond acceptors (Lipinski definition) is 2. The standard InChI is InChI=1S/C23H17NO2/c25-23(24-20-13-10-17-6-4-5-7-19(17)16-20)18-11-14-22(15-12-18)26-21-8-2-1-3-9-21/h1-16H,(H,24,25). The Balaban J connectivity index is 1.47. The normalized spacial score (nSPS) is 10.5. The van der Waals surface area contributed by atoms with E-state index in [-0.39, 0.29) is 5.91 Å². The highest BCUT2D eigenvalue weighted by Crippen LogP contribution is 2.22. The van der Waals surface area contributed by atoms with E-state index in [1.807, 2.05) is 72.8 Å². The molecule has 4 rings (SSSR count). The second-order valence-corrected chi connectivity index (χ2v) is 5.96. The van der Waals surface area contributed by atoms with Gasteiger partial charge in [0.1, 0.15) is 11.5 Å². The third-order valence-electron chi connectivity index (χ3n) is 4.10. The van der Waals surface area contributed by atoms with Gasteiger partial charge in [-0.2, -0.15) is 0 Å². The van der Waals surface area contributed by atoms with Crippen LogP contribution in [0.2, 0.25) is 0 Å². The molecule has 4 aromatic rings. The molecule has 126 valence electrons. The van der Waals surface area contributed by atoms with Crippen LogP contribution < -0.4 is 10.1 Å². The molecule has 0 aliphatic heterocycles. The lowest BCUT2D eigenvalue weighted by molar-refractivity contribution is 0.102. The first-order chi connectivity index (χ1) is 12.8. The molecule has 26 heavy (non-hydrogen) atoms. The van der Waals surface area contributed by atoms with Gasteiger partial charge in [-0.1, -0.05) is 48.5 Å². The highest BCUT2D eigenvalue weighted by atomic mass is 16.5. The third kappa shape index (κ3) is 3.57. The maximum absolute atomic E-state index is 12.5. The monoisotopic (exact) mass is 339 g/mol. The molecule has 0 unspecified atom stereocenters. The van der Waals surface area contributed by atoms with Crippen LogP contribution in [-0.2, 0) is 0 Å². The first kappa shape index (κ1) is 15.9. The molecule has 0 spiro atoms. The Labute approximate surface area is 151 Å². The quantitative estimate of drug-likeness (QED) is 0.504. The highest BCUT2D eigenvalue weighted by Gasteiger charge is 2.07. The largest absolute Gasteiger partial charge is 0.457 e. The summed E-state index contributed by atoms with van der Waals surface area (Å²) in [5.41, 5.74) is 1.36. The molecule has 4 aromatic carbocycles. The van der Waals surface area contributed by atoms with Crippen molar-refractivity contribution in [2.24, 2.45) is 0 Å². The molecule has 0 saturated heterocycles. The van der Waals surface area contributed by atoms with Gasteiger partial charge in [-0.3, -0.25) is 4.79 Å². The first-order valence-electron chi connectivity index (χ1n) is 8.41. The van der Waals surface area contributed by atoms with Crippen molar-refractivity contribution < 1.29 is 9.53 Å². The maximum atomic E-state index is 12.5. The van der Waals surface area contributed by atoms with E-state index < -0.39 is 0 Å². The minimum Gasteiger partial charge on any atom is -0.457 e. The number of anilines is 1. The second-order valence-electron chi connectivity index (χ2n) is 5.96. The zero-order valence-corrected chi connectivity index (χ0v) is 14.1. The molecule has 0 aliphatic rings. The number of rotatable bonds is 4. The summed E-state index contributed by atoms with van der Waals surface area (Å²) in [5, 5.41) is 5.18. The molecule has 0 bridgehead atoms. The molecule has 3 nitrogen and oxygen atoms in total. The van der Waals surface area contributed by atoms with E-state index in [4.69, 9.17) is 4.74 Å². The fourth-order valence-electron chi connectivity index (χ4n) is 2.77. The van der Waals surface area contributed by atoms with Gasteiger partial charge in [0.05, 0.1) is 0 Å². The van der Waals surface area contributed by atoms with Gasteiger partial charge >= 0.3 is 0 Å². The van der Waals surface area contributed by atoms with Crippen LogP contribution in [-0.4, -0.2) is 5.91 Å². The van der Waals surface area contributed by atoms with Gasteiger partial charge in [0, 0.05) is 11.3 Å². The number of carbonyl (C=O) groups is 1. The Bertz CT molecular complexity index is 1040. The SMILES string of the molecule is O=C(Nc1ccc2ccccc2c1)c1ccc(Oc2ccccc2)cc1. The minimum absolute atomic E-state index is 0.147. The summed E-state index contributed by atoms with van der Waals surface area (Å²) in [6.45, 7) is 0. The summed E-state index contributed by atoms with van der Waals surface area (Å²) < 4.78 is 5.75. The molecular weight excluding hydrogens is 322 g/mol. The number of para-hydroxylation sites is 1. The van der Waals surface area contributed by atoms with E-state index >= 15 is 0 Å². The van der Waals surface area contributed by atoms with E-state index in [1.54, 1.807) is 24.3 Å². The van der Waals surface area contributed by atoms with Crippen molar-refractivity contribution in [3.8, 4) is 11.5 Å². The van der Waals surface area contributed by atoms with Crippen molar-refractivity contribution in [1.29, 1.82) is 0 Å². The van der Waals surface area contributed by atoms with Crippen LogP contribution in [0.3, 0.4) is 0 Å². The van der Waals surface area contributed by atoms with Gasteiger partial charge in [0.15, 0.2) is 0 Å². The summed E-state index contributed by atoms with van der Waals surface area (Å²) in [6, 6.07) is 30.6. The van der Waals surface area contributed by atoms with Gasteiger partial charge in [0.25, 0.3) is 5.91 Å². The molecule has 0 fully saturated rings. The summed E-state index contributed by atoms with van der Waals surface area (Å²) in [6.07, 6.45) is 0. The van der Waals surface area contributed by atoms with Gasteiger partial charge in [-0.25, -0.2) is 0 Å². The Kier molecular flexibility index (Phi) is 4.35. The molecule has 3 heteroatoms. The number of fused-ring (bicyclic) bond motifs is 1. The third-order valence-corrected chi connectivity index (χ3v) is 4.10. The Morgan fingerprint density at radius 2 is 1.31 bits per heavy atom. The van der Waals surface area contributed by atoms with Crippen LogP contribution in [0.25, 0.3) is 10.8 Å². The van der Waals surface area contributed by atoms with E-state index in [0.29, 0.717) is 11.3 Å². The molecule has 0 saturated carbocycles. The molecular formula is C23H17NO2. The second kappa shape index (κ2) is 7.11. The molecule has 0 heterocycles. The van der Waals surface area contributed by atoms with Crippen molar-refractivity contribution in [3.63, 3.8) is 0 Å². The van der Waals surface area contributed by atoms with Crippen LogP contribution in [0.5, 0.6) is 11.5 Å². The van der Waals surface area contributed by atoms with E-state index in [9.17, 15) is 4.79 Å². The number of amides is 1. The lowest BCUT2D eigenvalue weighted by Crippen LogP contribution is -2.11. The number of ether oxygens (including phenoxy) is 1. The smallest absolute Gasteiger partial charge is 0.255 e. The van der Waals surface area contributed by atoms with Crippen LogP contribution >= 0.6 is 0 Å². The number of nitrogens with one attached hydrogen (secondary N) is 1. The number of hydrogen-bond donors (Lipinski definition) is 1.